The highest BCUT2D eigenvalue weighted by molar-refractivity contribution is 6.22. The van der Waals surface area contributed by atoms with E-state index in [9.17, 15) is 18.8 Å². The van der Waals surface area contributed by atoms with E-state index >= 15 is 0 Å². The molecule has 0 fully saturated rings. The van der Waals surface area contributed by atoms with Gasteiger partial charge in [0, 0.05) is 6.42 Å². The Labute approximate surface area is 103 Å². The minimum absolute atomic E-state index is 0.0453. The molecular formula is C13H10FNO3. The number of carbonyl (C=O) groups is 3. The molecule has 0 saturated carbocycles. The van der Waals surface area contributed by atoms with Crippen molar-refractivity contribution in [2.75, 3.05) is 0 Å². The van der Waals surface area contributed by atoms with E-state index in [1.165, 1.54) is 12.1 Å². The topological polar surface area (TPSA) is 54.5 Å². The van der Waals surface area contributed by atoms with E-state index in [2.05, 4.69) is 6.58 Å². The number of benzene rings is 1. The van der Waals surface area contributed by atoms with Crippen LogP contribution in [0.5, 0.6) is 0 Å². The Morgan fingerprint density at radius 2 is 1.72 bits per heavy atom. The zero-order valence-electron chi connectivity index (χ0n) is 9.43. The van der Waals surface area contributed by atoms with Crippen LogP contribution in [0.25, 0.3) is 0 Å². The molecule has 0 radical (unpaired) electrons. The predicted octanol–water partition coefficient (Wildman–Crippen LogP) is 1.72. The molecule has 1 aromatic rings. The summed E-state index contributed by atoms with van der Waals surface area (Å²) in [6.45, 7) is 3.32. The number of amides is 2. The lowest BCUT2D eigenvalue weighted by molar-refractivity contribution is -0.125. The van der Waals surface area contributed by atoms with Gasteiger partial charge in [0.25, 0.3) is 17.6 Å². The van der Waals surface area contributed by atoms with Crippen molar-refractivity contribution < 1.29 is 18.8 Å². The van der Waals surface area contributed by atoms with Gasteiger partial charge in [0.2, 0.25) is 0 Å². The number of hydrogen-bond donors (Lipinski definition) is 0. The third-order valence-corrected chi connectivity index (χ3v) is 2.78. The largest absolute Gasteiger partial charge is 0.298 e. The molecule has 0 spiro atoms. The van der Waals surface area contributed by atoms with Crippen LogP contribution in [0.1, 0.15) is 27.1 Å². The summed E-state index contributed by atoms with van der Waals surface area (Å²) in [5.74, 6) is -4.27. The number of imide groups is 1. The third kappa shape index (κ3) is 1.55. The highest BCUT2D eigenvalue weighted by atomic mass is 19.1. The van der Waals surface area contributed by atoms with E-state index < -0.39 is 24.0 Å². The predicted molar refractivity (Wildman–Crippen MR) is 61.7 cm³/mol. The maximum absolute atomic E-state index is 14.3. The molecule has 0 aromatic heterocycles. The second-order valence-corrected chi connectivity index (χ2v) is 3.92. The van der Waals surface area contributed by atoms with Crippen LogP contribution < -0.4 is 0 Å². The van der Waals surface area contributed by atoms with E-state index in [4.69, 9.17) is 0 Å². The molecule has 2 amide bonds. The minimum atomic E-state index is -2.67. The van der Waals surface area contributed by atoms with Crippen LogP contribution in [0.3, 0.4) is 0 Å². The fraction of sp³-hybridized carbons (Fsp3) is 0.154. The lowest BCUT2D eigenvalue weighted by Crippen LogP contribution is -2.49. The van der Waals surface area contributed by atoms with Gasteiger partial charge in [-0.3, -0.25) is 14.4 Å². The Balaban J connectivity index is 2.51. The lowest BCUT2D eigenvalue weighted by atomic mass is 10.1. The Bertz CT molecular complexity index is 520. The monoisotopic (exact) mass is 247 g/mol. The molecule has 0 bridgehead atoms. The van der Waals surface area contributed by atoms with Crippen LogP contribution in [0.2, 0.25) is 0 Å². The van der Waals surface area contributed by atoms with Crippen LogP contribution in [-0.2, 0) is 4.79 Å². The average Bonchev–Trinajstić information content (AvgIpc) is 2.63. The van der Waals surface area contributed by atoms with Crippen molar-refractivity contribution in [3.8, 4) is 0 Å². The van der Waals surface area contributed by atoms with E-state index in [0.717, 1.165) is 6.08 Å². The van der Waals surface area contributed by atoms with Gasteiger partial charge in [-0.15, -0.1) is 6.58 Å². The molecule has 18 heavy (non-hydrogen) atoms. The van der Waals surface area contributed by atoms with Crippen molar-refractivity contribution in [3.05, 3.63) is 48.0 Å². The minimum Gasteiger partial charge on any atom is -0.298 e. The van der Waals surface area contributed by atoms with Gasteiger partial charge in [0.05, 0.1) is 11.1 Å². The summed E-state index contributed by atoms with van der Waals surface area (Å²) in [5.41, 5.74) is 0.214. The summed E-state index contributed by atoms with van der Waals surface area (Å²) in [5, 5.41) is 0. The number of hydrogen-bond acceptors (Lipinski definition) is 3. The molecule has 0 unspecified atom stereocenters. The average molecular weight is 247 g/mol. The summed E-state index contributed by atoms with van der Waals surface area (Å²) in [6.07, 6.45) is 0.677. The van der Waals surface area contributed by atoms with Crippen molar-refractivity contribution in [2.24, 2.45) is 0 Å². The Hall–Kier alpha value is -2.30. The van der Waals surface area contributed by atoms with Gasteiger partial charge >= 0.3 is 0 Å². The summed E-state index contributed by atoms with van der Waals surface area (Å²) in [4.78, 5) is 35.1. The Kier molecular flexibility index (Phi) is 2.82. The number of carbonyl (C=O) groups excluding carboxylic acids is 3. The summed E-state index contributed by atoms with van der Waals surface area (Å²) in [7, 11) is 0. The Morgan fingerprint density at radius 3 is 2.11 bits per heavy atom. The highest BCUT2D eigenvalue weighted by Crippen LogP contribution is 2.31. The number of nitrogens with zero attached hydrogens (tertiary/aromatic N) is 1. The van der Waals surface area contributed by atoms with Gasteiger partial charge in [-0.25, -0.2) is 9.29 Å². The van der Waals surface area contributed by atoms with Crippen molar-refractivity contribution in [1.82, 2.24) is 4.90 Å². The second-order valence-electron chi connectivity index (χ2n) is 3.92. The Morgan fingerprint density at radius 1 is 1.22 bits per heavy atom. The SMILES string of the molecule is C=CC[C@](F)(C=O)N1C(=O)c2ccccc2C1=O. The third-order valence-electron chi connectivity index (χ3n) is 2.78. The summed E-state index contributed by atoms with van der Waals surface area (Å²) < 4.78 is 14.3. The molecule has 1 atom stereocenters. The molecular weight excluding hydrogens is 237 g/mol. The standard InChI is InChI=1S/C13H10FNO3/c1-2-7-13(14,8-16)15-11(17)9-5-3-4-6-10(9)12(15)18/h2-6,8H,1,7H2/t13-/m1/s1. The molecule has 4 nitrogen and oxygen atoms in total. The number of rotatable bonds is 4. The van der Waals surface area contributed by atoms with Crippen LogP contribution in [0, 0.1) is 0 Å². The van der Waals surface area contributed by atoms with Crippen molar-refractivity contribution in [1.29, 1.82) is 0 Å². The van der Waals surface area contributed by atoms with E-state index in [0.29, 0.717) is 4.90 Å². The normalized spacial score (nSPS) is 17.3. The maximum Gasteiger partial charge on any atom is 0.264 e. The van der Waals surface area contributed by atoms with Crippen LogP contribution >= 0.6 is 0 Å². The molecule has 1 heterocycles. The molecule has 0 aliphatic carbocycles. The van der Waals surface area contributed by atoms with Crippen LogP contribution in [0.15, 0.2) is 36.9 Å². The fourth-order valence-electron chi connectivity index (χ4n) is 1.92. The summed E-state index contributed by atoms with van der Waals surface area (Å²) >= 11 is 0. The van der Waals surface area contributed by atoms with Crippen LogP contribution in [0.4, 0.5) is 4.39 Å². The van der Waals surface area contributed by atoms with E-state index in [1.807, 2.05) is 0 Å². The van der Waals surface area contributed by atoms with Gasteiger partial charge in [-0.05, 0) is 12.1 Å². The zero-order valence-corrected chi connectivity index (χ0v) is 9.43. The van der Waals surface area contributed by atoms with E-state index in [-0.39, 0.29) is 17.4 Å². The van der Waals surface area contributed by atoms with Gasteiger partial charge in [-0.1, -0.05) is 18.2 Å². The molecule has 2 rings (SSSR count). The van der Waals surface area contributed by atoms with Crippen molar-refractivity contribution in [3.63, 3.8) is 0 Å². The molecule has 0 saturated heterocycles. The van der Waals surface area contributed by atoms with Gasteiger partial charge in [-0.2, -0.15) is 0 Å². The molecule has 92 valence electrons. The van der Waals surface area contributed by atoms with Gasteiger partial charge in [0.15, 0.2) is 6.29 Å². The molecule has 1 aliphatic heterocycles. The first-order chi connectivity index (χ1) is 8.55. The lowest BCUT2D eigenvalue weighted by Gasteiger charge is -2.26. The molecule has 5 heteroatoms. The van der Waals surface area contributed by atoms with Crippen molar-refractivity contribution >= 4 is 18.1 Å². The number of halogens is 1. The smallest absolute Gasteiger partial charge is 0.264 e. The van der Waals surface area contributed by atoms with Gasteiger partial charge in [0.1, 0.15) is 0 Å². The molecule has 1 aliphatic rings. The maximum atomic E-state index is 14.3. The highest BCUT2D eigenvalue weighted by Gasteiger charge is 2.49. The van der Waals surface area contributed by atoms with Crippen LogP contribution in [-0.4, -0.2) is 28.8 Å². The zero-order chi connectivity index (χ0) is 13.3. The first-order valence-electron chi connectivity index (χ1n) is 5.29. The van der Waals surface area contributed by atoms with Crippen molar-refractivity contribution in [2.45, 2.75) is 12.2 Å². The first-order valence-corrected chi connectivity index (χ1v) is 5.29. The fourth-order valence-corrected chi connectivity index (χ4v) is 1.92. The summed E-state index contributed by atoms with van der Waals surface area (Å²) in [6, 6.07) is 5.99. The second kappa shape index (κ2) is 4.18. The van der Waals surface area contributed by atoms with Gasteiger partial charge < -0.3 is 0 Å². The quantitative estimate of drug-likeness (QED) is 0.352. The number of aldehydes is 1. The molecule has 1 aromatic carbocycles. The number of alkyl halides is 1. The number of fused-ring (bicyclic) bond motifs is 1. The van der Waals surface area contributed by atoms with E-state index in [1.54, 1.807) is 12.1 Å². The molecule has 0 N–H and O–H groups in total. The first kappa shape index (κ1) is 12.2.